The summed E-state index contributed by atoms with van der Waals surface area (Å²) in [6, 6.07) is 14.6. The van der Waals surface area contributed by atoms with Crippen LogP contribution in [-0.4, -0.2) is 10.9 Å². The van der Waals surface area contributed by atoms with E-state index in [9.17, 15) is 4.79 Å². The van der Waals surface area contributed by atoms with Crippen molar-refractivity contribution in [2.24, 2.45) is 0 Å². The molecule has 0 aliphatic rings. The summed E-state index contributed by atoms with van der Waals surface area (Å²) in [5.74, 6) is -0.0139. The molecule has 0 saturated heterocycles. The van der Waals surface area contributed by atoms with Gasteiger partial charge in [-0.05, 0) is 24.6 Å². The Morgan fingerprint density at radius 1 is 1.21 bits per heavy atom. The molecular formula is C18H19N3OS2. The lowest BCUT2D eigenvalue weighted by Gasteiger charge is -2.12. The molecule has 1 amide bonds. The molecule has 0 bridgehead atoms. The van der Waals surface area contributed by atoms with Crippen LogP contribution in [0.25, 0.3) is 10.6 Å². The van der Waals surface area contributed by atoms with E-state index in [0.717, 1.165) is 20.6 Å². The lowest BCUT2D eigenvalue weighted by molar-refractivity contribution is -0.119. The van der Waals surface area contributed by atoms with Gasteiger partial charge >= 0.3 is 0 Å². The van der Waals surface area contributed by atoms with Crippen LogP contribution in [0.1, 0.15) is 30.3 Å². The van der Waals surface area contributed by atoms with Gasteiger partial charge in [-0.1, -0.05) is 30.3 Å². The topological polar surface area (TPSA) is 54.0 Å². The number of aromatic nitrogens is 1. The summed E-state index contributed by atoms with van der Waals surface area (Å²) in [6.45, 7) is 4.23. The van der Waals surface area contributed by atoms with Gasteiger partial charge in [0.1, 0.15) is 0 Å². The molecule has 0 unspecified atom stereocenters. The van der Waals surface area contributed by atoms with Crippen LogP contribution >= 0.6 is 22.7 Å². The molecule has 0 saturated carbocycles. The second-order valence-electron chi connectivity index (χ2n) is 5.49. The van der Waals surface area contributed by atoms with Crippen molar-refractivity contribution in [2.75, 3.05) is 5.32 Å². The van der Waals surface area contributed by atoms with E-state index in [1.54, 1.807) is 22.7 Å². The fraction of sp³-hybridized carbons (Fsp3) is 0.222. The molecular weight excluding hydrogens is 338 g/mol. The van der Waals surface area contributed by atoms with Crippen molar-refractivity contribution in [1.29, 1.82) is 0 Å². The molecule has 2 aromatic heterocycles. The Balaban J connectivity index is 1.66. The van der Waals surface area contributed by atoms with E-state index in [1.165, 1.54) is 12.5 Å². The molecule has 0 spiro atoms. The van der Waals surface area contributed by atoms with Crippen LogP contribution in [0.4, 0.5) is 5.13 Å². The van der Waals surface area contributed by atoms with Gasteiger partial charge in [0.05, 0.1) is 23.2 Å². The maximum atomic E-state index is 11.0. The molecule has 3 rings (SSSR count). The largest absolute Gasteiger partial charge is 0.355 e. The zero-order valence-electron chi connectivity index (χ0n) is 13.6. The lowest BCUT2D eigenvalue weighted by Crippen LogP contribution is -2.17. The number of thiophene rings is 1. The van der Waals surface area contributed by atoms with Crippen molar-refractivity contribution in [1.82, 2.24) is 10.3 Å². The molecule has 0 radical (unpaired) electrons. The first-order valence-corrected chi connectivity index (χ1v) is 9.42. The number of benzene rings is 1. The third kappa shape index (κ3) is 4.21. The van der Waals surface area contributed by atoms with Crippen LogP contribution in [0.5, 0.6) is 0 Å². The van der Waals surface area contributed by atoms with Crippen LogP contribution in [0.2, 0.25) is 0 Å². The molecule has 6 heteroatoms. The summed E-state index contributed by atoms with van der Waals surface area (Å²) < 4.78 is 0. The predicted octanol–water partition coefficient (Wildman–Crippen LogP) is 4.68. The number of hydrogen-bond acceptors (Lipinski definition) is 5. The van der Waals surface area contributed by atoms with Crippen molar-refractivity contribution < 1.29 is 4.79 Å². The summed E-state index contributed by atoms with van der Waals surface area (Å²) >= 11 is 3.27. The van der Waals surface area contributed by atoms with Gasteiger partial charge in [-0.3, -0.25) is 4.79 Å². The number of thiazole rings is 1. The van der Waals surface area contributed by atoms with E-state index in [1.807, 2.05) is 24.3 Å². The van der Waals surface area contributed by atoms with Crippen molar-refractivity contribution in [3.8, 4) is 10.6 Å². The van der Waals surface area contributed by atoms with E-state index in [2.05, 4.69) is 46.1 Å². The van der Waals surface area contributed by atoms with Crippen LogP contribution in [0.3, 0.4) is 0 Å². The molecule has 0 aliphatic heterocycles. The van der Waals surface area contributed by atoms with Gasteiger partial charge in [-0.15, -0.1) is 22.7 Å². The first-order chi connectivity index (χ1) is 11.6. The standard InChI is InChI=1S/C18H19N3OS2/c1-12(14-6-4-3-5-7-14)20-18-21-16(11-23-18)17-9-8-15(24-17)10-19-13(2)22/h3-9,11-12H,10H2,1-2H3,(H,19,22)(H,20,21)/t12-/m1/s1. The summed E-state index contributed by atoms with van der Waals surface area (Å²) in [6.07, 6.45) is 0. The highest BCUT2D eigenvalue weighted by molar-refractivity contribution is 7.17. The van der Waals surface area contributed by atoms with Gasteiger partial charge in [-0.2, -0.15) is 0 Å². The SMILES string of the molecule is CC(=O)NCc1ccc(-c2csc(N[C@H](C)c3ccccc3)n2)s1. The average Bonchev–Trinajstić information content (AvgIpc) is 3.22. The van der Waals surface area contributed by atoms with E-state index < -0.39 is 0 Å². The summed E-state index contributed by atoms with van der Waals surface area (Å²) in [5, 5.41) is 9.25. The highest BCUT2D eigenvalue weighted by Gasteiger charge is 2.10. The maximum absolute atomic E-state index is 11.0. The second-order valence-corrected chi connectivity index (χ2v) is 7.52. The van der Waals surface area contributed by atoms with E-state index in [4.69, 9.17) is 0 Å². The summed E-state index contributed by atoms with van der Waals surface area (Å²) in [4.78, 5) is 17.9. The minimum atomic E-state index is -0.0139. The molecule has 1 atom stereocenters. The van der Waals surface area contributed by atoms with E-state index in [0.29, 0.717) is 6.54 Å². The summed E-state index contributed by atoms with van der Waals surface area (Å²) in [5.41, 5.74) is 2.21. The molecule has 2 N–H and O–H groups in total. The maximum Gasteiger partial charge on any atom is 0.217 e. The van der Waals surface area contributed by atoms with E-state index >= 15 is 0 Å². The molecule has 4 nitrogen and oxygen atoms in total. The third-order valence-corrected chi connectivity index (χ3v) is 5.45. The van der Waals surface area contributed by atoms with Crippen molar-refractivity contribution in [3.63, 3.8) is 0 Å². The van der Waals surface area contributed by atoms with Gasteiger partial charge < -0.3 is 10.6 Å². The fourth-order valence-electron chi connectivity index (χ4n) is 2.29. The van der Waals surface area contributed by atoms with Crippen LogP contribution < -0.4 is 10.6 Å². The Morgan fingerprint density at radius 2 is 2.00 bits per heavy atom. The number of amides is 1. The van der Waals surface area contributed by atoms with Crippen LogP contribution in [0, 0.1) is 0 Å². The van der Waals surface area contributed by atoms with Crippen LogP contribution in [0.15, 0.2) is 47.8 Å². The summed E-state index contributed by atoms with van der Waals surface area (Å²) in [7, 11) is 0. The number of anilines is 1. The first-order valence-electron chi connectivity index (χ1n) is 7.72. The molecule has 1 aromatic carbocycles. The quantitative estimate of drug-likeness (QED) is 0.673. The Hall–Kier alpha value is -2.18. The normalized spacial score (nSPS) is 11.9. The zero-order chi connectivity index (χ0) is 16.9. The first kappa shape index (κ1) is 16.7. The number of nitrogens with one attached hydrogen (secondary N) is 2. The van der Waals surface area contributed by atoms with Crippen molar-refractivity contribution in [3.05, 3.63) is 58.3 Å². The number of rotatable bonds is 6. The minimum Gasteiger partial charge on any atom is -0.355 e. The fourth-order valence-corrected chi connectivity index (χ4v) is 4.07. The monoisotopic (exact) mass is 357 g/mol. The lowest BCUT2D eigenvalue weighted by atomic mass is 10.1. The van der Waals surface area contributed by atoms with Gasteiger partial charge in [-0.25, -0.2) is 4.98 Å². The van der Waals surface area contributed by atoms with Gasteiger partial charge in [0.15, 0.2) is 5.13 Å². The molecule has 0 fully saturated rings. The Kier molecular flexibility index (Phi) is 5.27. The molecule has 24 heavy (non-hydrogen) atoms. The van der Waals surface area contributed by atoms with E-state index in [-0.39, 0.29) is 11.9 Å². The van der Waals surface area contributed by atoms with Gasteiger partial charge in [0.2, 0.25) is 5.91 Å². The average molecular weight is 358 g/mol. The highest BCUT2D eigenvalue weighted by atomic mass is 32.1. The molecule has 2 heterocycles. The van der Waals surface area contributed by atoms with Gasteiger partial charge in [0.25, 0.3) is 0 Å². The number of hydrogen-bond donors (Lipinski definition) is 2. The molecule has 0 aliphatic carbocycles. The molecule has 124 valence electrons. The predicted molar refractivity (Wildman–Crippen MR) is 101 cm³/mol. The van der Waals surface area contributed by atoms with Crippen LogP contribution in [-0.2, 0) is 11.3 Å². The zero-order valence-corrected chi connectivity index (χ0v) is 15.2. The van der Waals surface area contributed by atoms with Crippen molar-refractivity contribution in [2.45, 2.75) is 26.4 Å². The smallest absolute Gasteiger partial charge is 0.217 e. The number of nitrogens with zero attached hydrogens (tertiary/aromatic N) is 1. The molecule has 3 aromatic rings. The highest BCUT2D eigenvalue weighted by Crippen LogP contribution is 2.32. The number of carbonyl (C=O) groups is 1. The second kappa shape index (κ2) is 7.59. The Bertz CT molecular complexity index is 811. The number of carbonyl (C=O) groups excluding carboxylic acids is 1. The Morgan fingerprint density at radius 3 is 2.75 bits per heavy atom. The Labute approximate surface area is 149 Å². The van der Waals surface area contributed by atoms with Gasteiger partial charge in [0, 0.05) is 17.2 Å². The van der Waals surface area contributed by atoms with Crippen molar-refractivity contribution >= 4 is 33.7 Å². The minimum absolute atomic E-state index is 0.0139. The third-order valence-electron chi connectivity index (χ3n) is 3.57.